The molecule has 88 valence electrons. The summed E-state index contributed by atoms with van der Waals surface area (Å²) in [5.41, 5.74) is 2.48. The van der Waals surface area contributed by atoms with E-state index in [1.807, 2.05) is 12.4 Å². The van der Waals surface area contributed by atoms with Crippen molar-refractivity contribution in [2.75, 3.05) is 13.2 Å². The van der Waals surface area contributed by atoms with Crippen molar-refractivity contribution in [1.29, 1.82) is 0 Å². The van der Waals surface area contributed by atoms with E-state index in [1.165, 1.54) is 17.5 Å². The molecule has 0 bridgehead atoms. The van der Waals surface area contributed by atoms with Gasteiger partial charge < -0.3 is 10.1 Å². The lowest BCUT2D eigenvalue weighted by molar-refractivity contribution is 0.105. The van der Waals surface area contributed by atoms with Gasteiger partial charge in [-0.2, -0.15) is 0 Å². The Bertz CT molecular complexity index is 340. The van der Waals surface area contributed by atoms with Gasteiger partial charge in [-0.25, -0.2) is 0 Å². The van der Waals surface area contributed by atoms with Crippen molar-refractivity contribution in [3.8, 4) is 0 Å². The van der Waals surface area contributed by atoms with Gasteiger partial charge in [-0.05, 0) is 37.3 Å². The smallest absolute Gasteiger partial charge is 0.0588 e. The first-order chi connectivity index (χ1) is 7.75. The third kappa shape index (κ3) is 3.03. The van der Waals surface area contributed by atoms with Crippen molar-refractivity contribution in [2.45, 2.75) is 32.9 Å². The van der Waals surface area contributed by atoms with E-state index in [0.717, 1.165) is 19.7 Å². The summed E-state index contributed by atoms with van der Waals surface area (Å²) in [4.78, 5) is 4.18. The van der Waals surface area contributed by atoms with Crippen LogP contribution in [-0.4, -0.2) is 24.2 Å². The van der Waals surface area contributed by atoms with Crippen molar-refractivity contribution in [1.82, 2.24) is 10.3 Å². The molecule has 0 aromatic carbocycles. The summed E-state index contributed by atoms with van der Waals surface area (Å²) in [5.74, 6) is 0.665. The summed E-state index contributed by atoms with van der Waals surface area (Å²) < 4.78 is 5.53. The van der Waals surface area contributed by atoms with Crippen molar-refractivity contribution < 1.29 is 4.74 Å². The SMILES string of the molecule is Cc1cncc(CNCC2CCOC2C)c1. The summed E-state index contributed by atoms with van der Waals surface area (Å²) in [6.45, 7) is 7.09. The molecule has 3 nitrogen and oxygen atoms in total. The number of hydrogen-bond donors (Lipinski definition) is 1. The molecule has 0 aliphatic carbocycles. The first kappa shape index (κ1) is 11.6. The number of nitrogens with zero attached hydrogens (tertiary/aromatic N) is 1. The fraction of sp³-hybridized carbons (Fsp3) is 0.615. The van der Waals surface area contributed by atoms with Crippen LogP contribution in [0.5, 0.6) is 0 Å². The second-order valence-corrected chi connectivity index (χ2v) is 4.63. The van der Waals surface area contributed by atoms with Gasteiger partial charge in [0.2, 0.25) is 0 Å². The van der Waals surface area contributed by atoms with E-state index < -0.39 is 0 Å². The predicted octanol–water partition coefficient (Wildman–Crippen LogP) is 1.90. The first-order valence-electron chi connectivity index (χ1n) is 5.98. The molecule has 2 rings (SSSR count). The predicted molar refractivity (Wildman–Crippen MR) is 64.2 cm³/mol. The summed E-state index contributed by atoms with van der Waals surface area (Å²) >= 11 is 0. The van der Waals surface area contributed by atoms with Gasteiger partial charge in [0, 0.05) is 32.1 Å². The Balaban J connectivity index is 1.75. The van der Waals surface area contributed by atoms with Crippen LogP contribution in [0.25, 0.3) is 0 Å². The standard InChI is InChI=1S/C13H20N2O/c1-10-5-12(7-14-6-10)8-15-9-13-3-4-16-11(13)2/h5-7,11,13,15H,3-4,8-9H2,1-2H3. The lowest BCUT2D eigenvalue weighted by atomic mass is 10.0. The lowest BCUT2D eigenvalue weighted by Crippen LogP contribution is -2.26. The summed E-state index contributed by atoms with van der Waals surface area (Å²) in [7, 11) is 0. The van der Waals surface area contributed by atoms with E-state index in [9.17, 15) is 0 Å². The van der Waals surface area contributed by atoms with Crippen LogP contribution in [0, 0.1) is 12.8 Å². The zero-order valence-corrected chi connectivity index (χ0v) is 10.1. The highest BCUT2D eigenvalue weighted by molar-refractivity contribution is 5.16. The molecular weight excluding hydrogens is 200 g/mol. The molecule has 2 atom stereocenters. The number of nitrogens with one attached hydrogen (secondary N) is 1. The summed E-state index contributed by atoms with van der Waals surface area (Å²) in [6.07, 6.45) is 5.40. The summed E-state index contributed by atoms with van der Waals surface area (Å²) in [5, 5.41) is 3.48. The highest BCUT2D eigenvalue weighted by Crippen LogP contribution is 2.19. The molecule has 1 saturated heterocycles. The number of aromatic nitrogens is 1. The van der Waals surface area contributed by atoms with Crippen LogP contribution in [0.3, 0.4) is 0 Å². The molecule has 1 aromatic rings. The van der Waals surface area contributed by atoms with Crippen molar-refractivity contribution in [3.05, 3.63) is 29.6 Å². The van der Waals surface area contributed by atoms with Crippen LogP contribution in [0.4, 0.5) is 0 Å². The molecule has 1 fully saturated rings. The summed E-state index contributed by atoms with van der Waals surface area (Å²) in [6, 6.07) is 2.18. The first-order valence-corrected chi connectivity index (χ1v) is 5.98. The van der Waals surface area contributed by atoms with Crippen LogP contribution in [0.2, 0.25) is 0 Å². The third-order valence-corrected chi connectivity index (χ3v) is 3.20. The maximum atomic E-state index is 5.53. The Labute approximate surface area is 97.2 Å². The van der Waals surface area contributed by atoms with Crippen molar-refractivity contribution in [2.24, 2.45) is 5.92 Å². The second-order valence-electron chi connectivity index (χ2n) is 4.63. The van der Waals surface area contributed by atoms with E-state index in [-0.39, 0.29) is 0 Å². The Kier molecular flexibility index (Phi) is 3.91. The zero-order chi connectivity index (χ0) is 11.4. The Morgan fingerprint density at radius 2 is 2.38 bits per heavy atom. The Morgan fingerprint density at radius 3 is 3.06 bits per heavy atom. The molecule has 2 unspecified atom stereocenters. The van der Waals surface area contributed by atoms with Crippen LogP contribution in [0.1, 0.15) is 24.5 Å². The molecule has 0 radical (unpaired) electrons. The fourth-order valence-corrected chi connectivity index (χ4v) is 2.16. The van der Waals surface area contributed by atoms with Crippen molar-refractivity contribution in [3.63, 3.8) is 0 Å². The molecule has 0 spiro atoms. The molecule has 0 saturated carbocycles. The molecule has 16 heavy (non-hydrogen) atoms. The highest BCUT2D eigenvalue weighted by Gasteiger charge is 2.23. The minimum atomic E-state index is 0.406. The number of pyridine rings is 1. The number of aryl methyl sites for hydroxylation is 1. The van der Waals surface area contributed by atoms with E-state index in [1.54, 1.807) is 0 Å². The maximum absolute atomic E-state index is 5.53. The monoisotopic (exact) mass is 220 g/mol. The average molecular weight is 220 g/mol. The number of ether oxygens (including phenoxy) is 1. The molecule has 3 heteroatoms. The average Bonchev–Trinajstić information content (AvgIpc) is 2.65. The van der Waals surface area contributed by atoms with Gasteiger partial charge in [-0.15, -0.1) is 0 Å². The minimum absolute atomic E-state index is 0.406. The van der Waals surface area contributed by atoms with Crippen molar-refractivity contribution >= 4 is 0 Å². The van der Waals surface area contributed by atoms with Gasteiger partial charge in [-0.3, -0.25) is 4.98 Å². The van der Waals surface area contributed by atoms with E-state index in [0.29, 0.717) is 12.0 Å². The van der Waals surface area contributed by atoms with E-state index in [4.69, 9.17) is 4.74 Å². The molecule has 1 aliphatic rings. The van der Waals surface area contributed by atoms with Crippen LogP contribution >= 0.6 is 0 Å². The molecule has 1 aliphatic heterocycles. The third-order valence-electron chi connectivity index (χ3n) is 3.20. The fourth-order valence-electron chi connectivity index (χ4n) is 2.16. The second kappa shape index (κ2) is 5.41. The Morgan fingerprint density at radius 1 is 1.50 bits per heavy atom. The van der Waals surface area contributed by atoms with Crippen LogP contribution < -0.4 is 5.32 Å². The van der Waals surface area contributed by atoms with Gasteiger partial charge in [-0.1, -0.05) is 6.07 Å². The van der Waals surface area contributed by atoms with E-state index >= 15 is 0 Å². The van der Waals surface area contributed by atoms with Gasteiger partial charge in [0.05, 0.1) is 6.10 Å². The van der Waals surface area contributed by atoms with Gasteiger partial charge in [0.1, 0.15) is 0 Å². The van der Waals surface area contributed by atoms with Crippen LogP contribution in [0.15, 0.2) is 18.5 Å². The molecule has 2 heterocycles. The minimum Gasteiger partial charge on any atom is -0.378 e. The molecular formula is C13H20N2O. The molecule has 1 N–H and O–H groups in total. The normalized spacial score (nSPS) is 24.9. The van der Waals surface area contributed by atoms with Gasteiger partial charge in [0.25, 0.3) is 0 Å². The quantitative estimate of drug-likeness (QED) is 0.841. The maximum Gasteiger partial charge on any atom is 0.0588 e. The Hall–Kier alpha value is -0.930. The zero-order valence-electron chi connectivity index (χ0n) is 10.1. The largest absolute Gasteiger partial charge is 0.378 e. The van der Waals surface area contributed by atoms with Gasteiger partial charge >= 0.3 is 0 Å². The highest BCUT2D eigenvalue weighted by atomic mass is 16.5. The lowest BCUT2D eigenvalue weighted by Gasteiger charge is -2.14. The molecule has 1 aromatic heterocycles. The number of hydrogen-bond acceptors (Lipinski definition) is 3. The number of rotatable bonds is 4. The van der Waals surface area contributed by atoms with E-state index in [2.05, 4.69) is 30.2 Å². The van der Waals surface area contributed by atoms with Gasteiger partial charge in [0.15, 0.2) is 0 Å². The molecule has 0 amide bonds. The van der Waals surface area contributed by atoms with Crippen LogP contribution in [-0.2, 0) is 11.3 Å². The topological polar surface area (TPSA) is 34.2 Å².